The maximum atomic E-state index is 9.46. The highest BCUT2D eigenvalue weighted by Gasteiger charge is 2.32. The van der Waals surface area contributed by atoms with Crippen LogP contribution in [0.1, 0.15) is 31.4 Å². The highest BCUT2D eigenvalue weighted by Crippen LogP contribution is 2.37. The Bertz CT molecular complexity index is 404. The molecular formula is C12H16N4O. The fraction of sp³-hybridized carbons (Fsp3) is 0.583. The molecule has 0 saturated heterocycles. The lowest BCUT2D eigenvalue weighted by Crippen LogP contribution is -2.30. The van der Waals surface area contributed by atoms with Crippen LogP contribution in [-0.2, 0) is 0 Å². The van der Waals surface area contributed by atoms with Crippen LogP contribution < -0.4 is 5.32 Å². The summed E-state index contributed by atoms with van der Waals surface area (Å²) in [6.45, 7) is 0.924. The minimum absolute atomic E-state index is 0.00438. The van der Waals surface area contributed by atoms with Crippen LogP contribution in [0.25, 0.3) is 0 Å². The van der Waals surface area contributed by atoms with Crippen LogP contribution in [0, 0.1) is 16.7 Å². The summed E-state index contributed by atoms with van der Waals surface area (Å²) in [4.78, 5) is 8.04. The summed E-state index contributed by atoms with van der Waals surface area (Å²) in [5.41, 5.74) is 0.309. The van der Waals surface area contributed by atoms with Crippen molar-refractivity contribution in [1.29, 1.82) is 5.26 Å². The second kappa shape index (κ2) is 5.11. The normalized spacial score (nSPS) is 17.6. The summed E-state index contributed by atoms with van der Waals surface area (Å²) in [7, 11) is 0. The van der Waals surface area contributed by atoms with E-state index in [-0.39, 0.29) is 12.0 Å². The van der Waals surface area contributed by atoms with Crippen molar-refractivity contribution in [2.24, 2.45) is 5.41 Å². The predicted molar refractivity (Wildman–Crippen MR) is 63.2 cm³/mol. The maximum absolute atomic E-state index is 9.46. The van der Waals surface area contributed by atoms with Crippen molar-refractivity contribution in [2.75, 3.05) is 18.5 Å². The van der Waals surface area contributed by atoms with E-state index in [1.807, 2.05) is 6.07 Å². The Labute approximate surface area is 101 Å². The zero-order valence-corrected chi connectivity index (χ0v) is 9.69. The van der Waals surface area contributed by atoms with Gasteiger partial charge >= 0.3 is 0 Å². The molecular weight excluding hydrogens is 216 g/mol. The van der Waals surface area contributed by atoms with E-state index < -0.39 is 0 Å². The first-order valence-corrected chi connectivity index (χ1v) is 5.85. The Morgan fingerprint density at radius 1 is 1.35 bits per heavy atom. The second-order valence-electron chi connectivity index (χ2n) is 4.62. The number of aromatic nitrogens is 2. The number of nitriles is 1. The van der Waals surface area contributed by atoms with Crippen LogP contribution >= 0.6 is 0 Å². The average Bonchev–Trinajstić information content (AvgIpc) is 2.86. The quantitative estimate of drug-likeness (QED) is 0.818. The van der Waals surface area contributed by atoms with Gasteiger partial charge in [-0.2, -0.15) is 5.26 Å². The molecule has 17 heavy (non-hydrogen) atoms. The molecule has 1 heterocycles. The minimum Gasteiger partial charge on any atom is -0.396 e. The van der Waals surface area contributed by atoms with Crippen LogP contribution in [-0.4, -0.2) is 28.2 Å². The molecule has 1 aliphatic rings. The molecule has 0 aliphatic heterocycles. The van der Waals surface area contributed by atoms with Crippen molar-refractivity contribution in [3.8, 4) is 6.07 Å². The average molecular weight is 232 g/mol. The van der Waals surface area contributed by atoms with Crippen LogP contribution in [0.4, 0.5) is 5.82 Å². The first-order valence-electron chi connectivity index (χ1n) is 5.85. The molecule has 5 heteroatoms. The number of nitrogens with zero attached hydrogens (tertiary/aromatic N) is 3. The molecule has 5 nitrogen and oxygen atoms in total. The molecule has 2 rings (SSSR count). The SMILES string of the molecule is N#Cc1cnc(NCC2(CO)CCCC2)cn1. The standard InChI is InChI=1S/C12H16N4O/c13-5-10-6-15-11(7-14-10)16-8-12(9-17)3-1-2-4-12/h6-7,17H,1-4,8-9H2,(H,15,16). The molecule has 0 spiro atoms. The monoisotopic (exact) mass is 232 g/mol. The van der Waals surface area contributed by atoms with Crippen molar-refractivity contribution in [3.05, 3.63) is 18.1 Å². The summed E-state index contributed by atoms with van der Waals surface area (Å²) >= 11 is 0. The second-order valence-corrected chi connectivity index (χ2v) is 4.62. The topological polar surface area (TPSA) is 81.8 Å². The first kappa shape index (κ1) is 11.8. The van der Waals surface area contributed by atoms with E-state index in [4.69, 9.17) is 5.26 Å². The van der Waals surface area contributed by atoms with E-state index in [1.54, 1.807) is 6.20 Å². The highest BCUT2D eigenvalue weighted by atomic mass is 16.3. The third kappa shape index (κ3) is 2.71. The number of nitrogens with one attached hydrogen (secondary N) is 1. The van der Waals surface area contributed by atoms with Gasteiger partial charge in [0.15, 0.2) is 5.69 Å². The van der Waals surface area contributed by atoms with E-state index >= 15 is 0 Å². The van der Waals surface area contributed by atoms with Crippen molar-refractivity contribution in [1.82, 2.24) is 9.97 Å². The molecule has 0 radical (unpaired) electrons. The summed E-state index contributed by atoms with van der Waals surface area (Å²) in [6, 6.07) is 1.93. The number of aliphatic hydroxyl groups excluding tert-OH is 1. The van der Waals surface area contributed by atoms with Crippen LogP contribution in [0.15, 0.2) is 12.4 Å². The molecule has 90 valence electrons. The zero-order chi connectivity index (χ0) is 12.1. The lowest BCUT2D eigenvalue weighted by molar-refractivity contribution is 0.142. The van der Waals surface area contributed by atoms with E-state index in [2.05, 4.69) is 15.3 Å². The molecule has 1 fully saturated rings. The van der Waals surface area contributed by atoms with E-state index in [0.29, 0.717) is 18.1 Å². The Morgan fingerprint density at radius 2 is 2.12 bits per heavy atom. The number of hydrogen-bond donors (Lipinski definition) is 2. The van der Waals surface area contributed by atoms with Gasteiger partial charge in [0, 0.05) is 12.0 Å². The number of rotatable bonds is 4. The van der Waals surface area contributed by atoms with Crippen LogP contribution in [0.2, 0.25) is 0 Å². The Morgan fingerprint density at radius 3 is 2.65 bits per heavy atom. The van der Waals surface area contributed by atoms with Crippen molar-refractivity contribution in [3.63, 3.8) is 0 Å². The predicted octanol–water partition coefficient (Wildman–Crippen LogP) is 1.31. The van der Waals surface area contributed by atoms with Gasteiger partial charge in [-0.25, -0.2) is 9.97 Å². The summed E-state index contributed by atoms with van der Waals surface area (Å²) in [6.07, 6.45) is 7.48. The van der Waals surface area contributed by atoms with Crippen LogP contribution in [0.5, 0.6) is 0 Å². The molecule has 1 aromatic heterocycles. The van der Waals surface area contributed by atoms with Gasteiger partial charge < -0.3 is 10.4 Å². The lowest BCUT2D eigenvalue weighted by Gasteiger charge is -2.26. The highest BCUT2D eigenvalue weighted by molar-refractivity contribution is 5.33. The first-order chi connectivity index (χ1) is 8.28. The van der Waals surface area contributed by atoms with Gasteiger partial charge in [-0.3, -0.25) is 0 Å². The van der Waals surface area contributed by atoms with Gasteiger partial charge in [0.05, 0.1) is 19.0 Å². The fourth-order valence-corrected chi connectivity index (χ4v) is 2.27. The smallest absolute Gasteiger partial charge is 0.158 e. The molecule has 1 saturated carbocycles. The molecule has 0 aromatic carbocycles. The maximum Gasteiger partial charge on any atom is 0.158 e. The molecule has 1 aromatic rings. The fourth-order valence-electron chi connectivity index (χ4n) is 2.27. The van der Waals surface area contributed by atoms with Gasteiger partial charge in [0.2, 0.25) is 0 Å². The molecule has 0 bridgehead atoms. The zero-order valence-electron chi connectivity index (χ0n) is 9.69. The van der Waals surface area contributed by atoms with Crippen molar-refractivity contribution >= 4 is 5.82 Å². The Hall–Kier alpha value is -1.67. The lowest BCUT2D eigenvalue weighted by atomic mass is 9.87. The molecule has 0 unspecified atom stereocenters. The molecule has 0 amide bonds. The van der Waals surface area contributed by atoms with E-state index in [0.717, 1.165) is 12.8 Å². The largest absolute Gasteiger partial charge is 0.396 e. The third-order valence-electron chi connectivity index (χ3n) is 3.41. The summed E-state index contributed by atoms with van der Waals surface area (Å²) < 4.78 is 0. The van der Waals surface area contributed by atoms with Gasteiger partial charge in [0.1, 0.15) is 11.9 Å². The number of anilines is 1. The van der Waals surface area contributed by atoms with Gasteiger partial charge in [-0.1, -0.05) is 12.8 Å². The Balaban J connectivity index is 1.94. The molecule has 0 atom stereocenters. The molecule has 1 aliphatic carbocycles. The van der Waals surface area contributed by atoms with Gasteiger partial charge in [-0.05, 0) is 12.8 Å². The van der Waals surface area contributed by atoms with E-state index in [9.17, 15) is 5.11 Å². The van der Waals surface area contributed by atoms with E-state index in [1.165, 1.54) is 19.0 Å². The van der Waals surface area contributed by atoms with Crippen molar-refractivity contribution in [2.45, 2.75) is 25.7 Å². The molecule has 2 N–H and O–H groups in total. The number of aliphatic hydroxyl groups is 1. The van der Waals surface area contributed by atoms with Gasteiger partial charge in [0.25, 0.3) is 0 Å². The number of hydrogen-bond acceptors (Lipinski definition) is 5. The van der Waals surface area contributed by atoms with Gasteiger partial charge in [-0.15, -0.1) is 0 Å². The minimum atomic E-state index is -0.00438. The third-order valence-corrected chi connectivity index (χ3v) is 3.41. The summed E-state index contributed by atoms with van der Waals surface area (Å²) in [5.74, 6) is 0.656. The Kier molecular flexibility index (Phi) is 3.55. The van der Waals surface area contributed by atoms with Crippen LogP contribution in [0.3, 0.4) is 0 Å². The summed E-state index contributed by atoms with van der Waals surface area (Å²) in [5, 5.41) is 21.2. The van der Waals surface area contributed by atoms with Crippen molar-refractivity contribution < 1.29 is 5.11 Å².